The van der Waals surface area contributed by atoms with Gasteiger partial charge >= 0.3 is 0 Å². The molecule has 0 amide bonds. The predicted molar refractivity (Wildman–Crippen MR) is 81.6 cm³/mol. The van der Waals surface area contributed by atoms with Gasteiger partial charge in [-0.2, -0.15) is 0 Å². The first-order chi connectivity index (χ1) is 9.17. The van der Waals surface area contributed by atoms with E-state index in [-0.39, 0.29) is 0 Å². The minimum absolute atomic E-state index is 0.414. The number of benzene rings is 1. The molecular weight excluding hydrogens is 256 g/mol. The lowest BCUT2D eigenvalue weighted by Crippen LogP contribution is -2.22. The Bertz CT molecular complexity index is 557. The van der Waals surface area contributed by atoms with Crippen LogP contribution in [-0.4, -0.2) is 10.9 Å². The zero-order chi connectivity index (χ0) is 13.7. The normalized spacial score (nSPS) is 11.6. The molecule has 1 aromatic heterocycles. The number of hydrogen-bond donors (Lipinski definition) is 2. The molecule has 0 atom stereocenters. The van der Waals surface area contributed by atoms with Gasteiger partial charge in [0.2, 0.25) is 0 Å². The molecule has 0 aliphatic rings. The maximum Gasteiger partial charge on any atom is 0.193 e. The lowest BCUT2D eigenvalue weighted by molar-refractivity contribution is 1.01. The smallest absolute Gasteiger partial charge is 0.193 e. The average Bonchev–Trinajstić information content (AvgIpc) is 2.83. The van der Waals surface area contributed by atoms with Gasteiger partial charge in [0.25, 0.3) is 0 Å². The molecule has 3 N–H and O–H groups in total. The van der Waals surface area contributed by atoms with Crippen molar-refractivity contribution < 1.29 is 0 Å². The van der Waals surface area contributed by atoms with Crippen LogP contribution in [0.25, 0.3) is 0 Å². The zero-order valence-electron chi connectivity index (χ0n) is 11.2. The van der Waals surface area contributed by atoms with Gasteiger partial charge in [0, 0.05) is 16.8 Å². The van der Waals surface area contributed by atoms with E-state index >= 15 is 0 Å². The maximum absolute atomic E-state index is 5.85. The Balaban J connectivity index is 1.93. The van der Waals surface area contributed by atoms with E-state index in [1.165, 1.54) is 5.56 Å². The van der Waals surface area contributed by atoms with Crippen molar-refractivity contribution in [2.75, 3.05) is 5.32 Å². The summed E-state index contributed by atoms with van der Waals surface area (Å²) in [5.41, 5.74) is 9.13. The Morgan fingerprint density at radius 1 is 1.37 bits per heavy atom. The van der Waals surface area contributed by atoms with Crippen LogP contribution in [0, 0.1) is 6.92 Å². The van der Waals surface area contributed by atoms with Crippen LogP contribution < -0.4 is 11.1 Å². The van der Waals surface area contributed by atoms with Gasteiger partial charge in [0.1, 0.15) is 5.01 Å². The van der Waals surface area contributed by atoms with Crippen LogP contribution in [0.3, 0.4) is 0 Å². The van der Waals surface area contributed by atoms with E-state index < -0.39 is 0 Å². The Morgan fingerprint density at radius 2 is 2.11 bits per heavy atom. The third kappa shape index (κ3) is 4.06. The molecule has 5 heteroatoms. The van der Waals surface area contributed by atoms with Crippen molar-refractivity contribution in [3.05, 3.63) is 45.9 Å². The molecule has 2 rings (SSSR count). The number of nitrogens with zero attached hydrogens (tertiary/aromatic N) is 2. The van der Waals surface area contributed by atoms with Crippen molar-refractivity contribution in [1.29, 1.82) is 0 Å². The summed E-state index contributed by atoms with van der Waals surface area (Å²) in [7, 11) is 0. The number of thiazole rings is 1. The minimum atomic E-state index is 0.414. The predicted octanol–water partition coefficient (Wildman–Crippen LogP) is 2.94. The van der Waals surface area contributed by atoms with Crippen LogP contribution in [0.1, 0.15) is 23.2 Å². The number of guanidine groups is 1. The standard InChI is InChI=1S/C14H18N4S/c1-3-11-4-6-12(7-5-11)18-14(15)16-8-13-17-10(2)9-19-13/h4-7,9H,3,8H2,1-2H3,(H3,15,16,18). The Kier molecular flexibility index (Phi) is 4.52. The van der Waals surface area contributed by atoms with Gasteiger partial charge in [0.15, 0.2) is 5.96 Å². The van der Waals surface area contributed by atoms with E-state index in [0.29, 0.717) is 12.5 Å². The van der Waals surface area contributed by atoms with Crippen molar-refractivity contribution in [3.8, 4) is 0 Å². The quantitative estimate of drug-likeness (QED) is 0.665. The van der Waals surface area contributed by atoms with Gasteiger partial charge in [-0.3, -0.25) is 0 Å². The summed E-state index contributed by atoms with van der Waals surface area (Å²) < 4.78 is 0. The van der Waals surface area contributed by atoms with Gasteiger partial charge in [-0.25, -0.2) is 9.98 Å². The number of rotatable bonds is 4. The third-order valence-corrected chi connectivity index (χ3v) is 3.64. The third-order valence-electron chi connectivity index (χ3n) is 2.69. The summed E-state index contributed by atoms with van der Waals surface area (Å²) in [5, 5.41) is 6.06. The molecule has 0 radical (unpaired) electrons. The fourth-order valence-electron chi connectivity index (χ4n) is 1.64. The summed E-state index contributed by atoms with van der Waals surface area (Å²) in [6.45, 7) is 4.62. The lowest BCUT2D eigenvalue weighted by atomic mass is 10.1. The van der Waals surface area contributed by atoms with Crippen LogP contribution in [0.2, 0.25) is 0 Å². The van der Waals surface area contributed by atoms with Gasteiger partial charge in [-0.05, 0) is 31.0 Å². The average molecular weight is 274 g/mol. The molecule has 1 aromatic carbocycles. The number of hydrogen-bond acceptors (Lipinski definition) is 3. The highest BCUT2D eigenvalue weighted by Crippen LogP contribution is 2.11. The molecule has 0 fully saturated rings. The summed E-state index contributed by atoms with van der Waals surface area (Å²) in [4.78, 5) is 8.62. The first kappa shape index (κ1) is 13.5. The van der Waals surface area contributed by atoms with Crippen molar-refractivity contribution in [3.63, 3.8) is 0 Å². The largest absolute Gasteiger partial charge is 0.370 e. The van der Waals surface area contributed by atoms with Gasteiger partial charge in [-0.1, -0.05) is 19.1 Å². The second-order valence-electron chi connectivity index (χ2n) is 4.26. The van der Waals surface area contributed by atoms with Crippen molar-refractivity contribution in [2.24, 2.45) is 10.7 Å². The van der Waals surface area contributed by atoms with Gasteiger partial charge in [0.05, 0.1) is 6.54 Å². The highest BCUT2D eigenvalue weighted by Gasteiger charge is 1.99. The van der Waals surface area contributed by atoms with E-state index in [1.807, 2.05) is 24.4 Å². The van der Waals surface area contributed by atoms with Crippen LogP contribution in [-0.2, 0) is 13.0 Å². The highest BCUT2D eigenvalue weighted by molar-refractivity contribution is 7.09. The van der Waals surface area contributed by atoms with Crippen LogP contribution in [0.4, 0.5) is 5.69 Å². The molecule has 19 heavy (non-hydrogen) atoms. The van der Waals surface area contributed by atoms with Crippen LogP contribution in [0.15, 0.2) is 34.6 Å². The number of aryl methyl sites for hydroxylation is 2. The van der Waals surface area contributed by atoms with Crippen LogP contribution in [0.5, 0.6) is 0 Å². The molecule has 0 saturated heterocycles. The van der Waals surface area contributed by atoms with Crippen molar-refractivity contribution in [1.82, 2.24) is 4.98 Å². The molecule has 2 aromatic rings. The first-order valence-electron chi connectivity index (χ1n) is 6.24. The SMILES string of the molecule is CCc1ccc(NC(N)=NCc2nc(C)cs2)cc1. The number of nitrogens with two attached hydrogens (primary N) is 1. The fraction of sp³-hybridized carbons (Fsp3) is 0.286. The Labute approximate surface area is 117 Å². The fourth-order valence-corrected chi connectivity index (χ4v) is 2.33. The van der Waals surface area contributed by atoms with E-state index in [1.54, 1.807) is 11.3 Å². The number of aromatic nitrogens is 1. The molecule has 0 unspecified atom stereocenters. The van der Waals surface area contributed by atoms with E-state index in [4.69, 9.17) is 5.73 Å². The van der Waals surface area contributed by atoms with Crippen molar-refractivity contribution >= 4 is 23.0 Å². The summed E-state index contributed by atoms with van der Waals surface area (Å²) >= 11 is 1.60. The van der Waals surface area contributed by atoms with Gasteiger partial charge in [-0.15, -0.1) is 11.3 Å². The summed E-state index contributed by atoms with van der Waals surface area (Å²) in [6, 6.07) is 8.18. The number of anilines is 1. The Morgan fingerprint density at radius 3 is 2.68 bits per heavy atom. The molecule has 0 saturated carbocycles. The molecule has 100 valence electrons. The number of aliphatic imine (C=N–C) groups is 1. The first-order valence-corrected chi connectivity index (χ1v) is 7.12. The van der Waals surface area contributed by atoms with Crippen LogP contribution >= 0.6 is 11.3 Å². The van der Waals surface area contributed by atoms with E-state index in [0.717, 1.165) is 22.8 Å². The lowest BCUT2D eigenvalue weighted by Gasteiger charge is -2.05. The van der Waals surface area contributed by atoms with E-state index in [2.05, 4.69) is 34.3 Å². The Hall–Kier alpha value is -1.88. The maximum atomic E-state index is 5.85. The molecule has 0 aliphatic heterocycles. The zero-order valence-corrected chi connectivity index (χ0v) is 12.0. The monoisotopic (exact) mass is 274 g/mol. The van der Waals surface area contributed by atoms with Crippen molar-refractivity contribution in [2.45, 2.75) is 26.8 Å². The van der Waals surface area contributed by atoms with E-state index in [9.17, 15) is 0 Å². The molecule has 1 heterocycles. The molecule has 0 aliphatic carbocycles. The molecular formula is C14H18N4S. The molecule has 4 nitrogen and oxygen atoms in total. The second kappa shape index (κ2) is 6.33. The molecule has 0 bridgehead atoms. The van der Waals surface area contributed by atoms with Gasteiger partial charge < -0.3 is 11.1 Å². The second-order valence-corrected chi connectivity index (χ2v) is 5.20. The summed E-state index contributed by atoms with van der Waals surface area (Å²) in [5.74, 6) is 0.414. The topological polar surface area (TPSA) is 63.3 Å². The molecule has 0 spiro atoms. The minimum Gasteiger partial charge on any atom is -0.370 e. The number of nitrogens with one attached hydrogen (secondary N) is 1. The summed E-state index contributed by atoms with van der Waals surface area (Å²) in [6.07, 6.45) is 1.03. The highest BCUT2D eigenvalue weighted by atomic mass is 32.1.